The number of anilines is 1. The molecule has 2 aromatic rings. The van der Waals surface area contributed by atoms with Crippen LogP contribution < -0.4 is 4.72 Å². The van der Waals surface area contributed by atoms with Gasteiger partial charge in [0.15, 0.2) is 0 Å². The lowest BCUT2D eigenvalue weighted by atomic mass is 10.2. The molecule has 1 heterocycles. The van der Waals surface area contributed by atoms with Crippen LogP contribution in [0.4, 0.5) is 5.69 Å². The number of aryl methyl sites for hydroxylation is 1. The van der Waals surface area contributed by atoms with E-state index in [1.165, 1.54) is 12.3 Å². The predicted molar refractivity (Wildman–Crippen MR) is 73.7 cm³/mol. The second-order valence-corrected chi connectivity index (χ2v) is 6.20. The summed E-state index contributed by atoms with van der Waals surface area (Å²) < 4.78 is 26.6. The first-order chi connectivity index (χ1) is 8.92. The molecule has 0 spiro atoms. The number of aliphatic hydroxyl groups excluding tert-OH is 1. The monoisotopic (exact) mass is 300 g/mol. The fourth-order valence-corrected chi connectivity index (χ4v) is 3.01. The van der Waals surface area contributed by atoms with Crippen LogP contribution in [-0.4, -0.2) is 18.5 Å². The van der Waals surface area contributed by atoms with Crippen LogP contribution in [0.5, 0.6) is 0 Å². The van der Waals surface area contributed by atoms with E-state index in [0.717, 1.165) is 5.56 Å². The first kappa shape index (κ1) is 13.9. The molecule has 0 saturated heterocycles. The number of benzene rings is 1. The van der Waals surface area contributed by atoms with Gasteiger partial charge in [-0.2, -0.15) is 0 Å². The molecule has 0 aliphatic carbocycles. The lowest BCUT2D eigenvalue weighted by Gasteiger charge is -2.08. The Bertz CT molecular complexity index is 695. The molecule has 0 aliphatic rings. The molecule has 0 amide bonds. The summed E-state index contributed by atoms with van der Waals surface area (Å²) in [7, 11) is -3.71. The summed E-state index contributed by atoms with van der Waals surface area (Å²) >= 11 is 5.98. The van der Waals surface area contributed by atoms with Crippen LogP contribution in [0.3, 0.4) is 0 Å². The van der Waals surface area contributed by atoms with Crippen LogP contribution in [0.2, 0.25) is 5.02 Å². The van der Waals surface area contributed by atoms with Crippen molar-refractivity contribution in [3.05, 3.63) is 46.7 Å². The molecule has 7 heteroatoms. The molecule has 0 unspecified atom stereocenters. The Hall–Kier alpha value is -1.50. The van der Waals surface area contributed by atoms with Crippen molar-refractivity contribution in [2.24, 2.45) is 0 Å². The van der Waals surface area contributed by atoms with Gasteiger partial charge in [0.1, 0.15) is 4.90 Å². The van der Waals surface area contributed by atoms with Crippen LogP contribution in [0.15, 0.2) is 35.4 Å². The third-order valence-corrected chi connectivity index (χ3v) is 4.22. The van der Waals surface area contributed by atoms with E-state index in [1.54, 1.807) is 18.2 Å². The Balaban J connectivity index is 2.30. The summed E-state index contributed by atoms with van der Waals surface area (Å²) in [5, 5.41) is 9.25. The van der Waals surface area contributed by atoms with E-state index >= 15 is 0 Å². The fraction of sp³-hybridized carbons (Fsp3) is 0.167. The van der Waals surface area contributed by atoms with Crippen molar-refractivity contribution < 1.29 is 13.5 Å². The highest BCUT2D eigenvalue weighted by molar-refractivity contribution is 7.92. The molecule has 0 radical (unpaired) electrons. The Morgan fingerprint density at radius 2 is 2.11 bits per heavy atom. The lowest BCUT2D eigenvalue weighted by molar-refractivity contribution is 0.277. The Kier molecular flexibility index (Phi) is 3.84. The number of sulfonamides is 1. The maximum atomic E-state index is 12.1. The molecule has 0 atom stereocenters. The largest absolute Gasteiger partial charge is 0.390 e. The van der Waals surface area contributed by atoms with Crippen LogP contribution >= 0.6 is 11.6 Å². The van der Waals surface area contributed by atoms with Gasteiger partial charge < -0.3 is 10.1 Å². The lowest BCUT2D eigenvalue weighted by Crippen LogP contribution is -2.12. The Labute approximate surface area is 116 Å². The highest BCUT2D eigenvalue weighted by Gasteiger charge is 2.17. The quantitative estimate of drug-likeness (QED) is 0.810. The van der Waals surface area contributed by atoms with Crippen molar-refractivity contribution in [2.45, 2.75) is 18.4 Å². The number of hydrogen-bond donors (Lipinski definition) is 3. The number of rotatable bonds is 4. The predicted octanol–water partition coefficient (Wildman–Crippen LogP) is 2.27. The topological polar surface area (TPSA) is 82.2 Å². The summed E-state index contributed by atoms with van der Waals surface area (Å²) in [6, 6.07) is 6.41. The highest BCUT2D eigenvalue weighted by atomic mass is 35.5. The average Bonchev–Trinajstić information content (AvgIpc) is 2.82. The number of nitrogens with one attached hydrogen (secondary N) is 2. The van der Waals surface area contributed by atoms with Gasteiger partial charge in [-0.05, 0) is 30.7 Å². The van der Waals surface area contributed by atoms with Gasteiger partial charge in [-0.3, -0.25) is 4.72 Å². The SMILES string of the molecule is Cc1ccc(NS(=O)(=O)c2c[nH]c(CO)c2)c(Cl)c1. The molecule has 0 fully saturated rings. The minimum Gasteiger partial charge on any atom is -0.390 e. The summed E-state index contributed by atoms with van der Waals surface area (Å²) in [5.41, 5.74) is 1.69. The number of aromatic amines is 1. The fourth-order valence-electron chi connectivity index (χ4n) is 1.57. The zero-order valence-electron chi connectivity index (χ0n) is 10.1. The van der Waals surface area contributed by atoms with Crippen molar-refractivity contribution in [3.63, 3.8) is 0 Å². The highest BCUT2D eigenvalue weighted by Crippen LogP contribution is 2.25. The molecule has 0 saturated carbocycles. The molecule has 0 bridgehead atoms. The summed E-state index contributed by atoms with van der Waals surface area (Å²) in [5.74, 6) is 0. The van der Waals surface area contributed by atoms with Crippen LogP contribution in [0, 0.1) is 6.92 Å². The van der Waals surface area contributed by atoms with Gasteiger partial charge in [0, 0.05) is 11.9 Å². The second kappa shape index (κ2) is 5.24. The van der Waals surface area contributed by atoms with Crippen LogP contribution in [0.1, 0.15) is 11.3 Å². The molecule has 3 N–H and O–H groups in total. The van der Waals surface area contributed by atoms with Crippen molar-refractivity contribution >= 4 is 27.3 Å². The zero-order chi connectivity index (χ0) is 14.0. The standard InChI is InChI=1S/C12H13ClN2O3S/c1-8-2-3-12(11(13)4-8)15-19(17,18)10-5-9(7-16)14-6-10/h2-6,14-16H,7H2,1H3. The van der Waals surface area contributed by atoms with Gasteiger partial charge >= 0.3 is 0 Å². The first-order valence-electron chi connectivity index (χ1n) is 5.49. The van der Waals surface area contributed by atoms with E-state index < -0.39 is 10.0 Å². The van der Waals surface area contributed by atoms with Crippen LogP contribution in [-0.2, 0) is 16.6 Å². The molecule has 1 aromatic heterocycles. The van der Waals surface area contributed by atoms with Crippen molar-refractivity contribution in [1.29, 1.82) is 0 Å². The van der Waals surface area contributed by atoms with Gasteiger partial charge in [-0.1, -0.05) is 17.7 Å². The van der Waals surface area contributed by atoms with Gasteiger partial charge in [0.2, 0.25) is 0 Å². The summed E-state index contributed by atoms with van der Waals surface area (Å²) in [4.78, 5) is 2.72. The van der Waals surface area contributed by atoms with E-state index in [9.17, 15) is 8.42 Å². The normalized spacial score (nSPS) is 11.5. The minimum absolute atomic E-state index is 0.0493. The molecular weight excluding hydrogens is 288 g/mol. The molecule has 19 heavy (non-hydrogen) atoms. The Morgan fingerprint density at radius 1 is 1.37 bits per heavy atom. The van der Waals surface area contributed by atoms with Gasteiger partial charge in [0.05, 0.1) is 17.3 Å². The van der Waals surface area contributed by atoms with Crippen molar-refractivity contribution in [1.82, 2.24) is 4.98 Å². The van der Waals surface area contributed by atoms with E-state index in [-0.39, 0.29) is 11.5 Å². The van der Waals surface area contributed by atoms with E-state index in [2.05, 4.69) is 9.71 Å². The molecule has 2 rings (SSSR count). The first-order valence-corrected chi connectivity index (χ1v) is 7.35. The van der Waals surface area contributed by atoms with E-state index in [1.807, 2.05) is 6.92 Å². The number of halogens is 1. The summed E-state index contributed by atoms with van der Waals surface area (Å²) in [6.07, 6.45) is 1.32. The third kappa shape index (κ3) is 3.09. The number of hydrogen-bond acceptors (Lipinski definition) is 3. The Morgan fingerprint density at radius 3 is 2.68 bits per heavy atom. The van der Waals surface area contributed by atoms with Crippen LogP contribution in [0.25, 0.3) is 0 Å². The second-order valence-electron chi connectivity index (χ2n) is 4.11. The van der Waals surface area contributed by atoms with Gasteiger partial charge in [-0.15, -0.1) is 0 Å². The number of H-pyrrole nitrogens is 1. The molecule has 1 aromatic carbocycles. The van der Waals surface area contributed by atoms with Crippen molar-refractivity contribution in [3.8, 4) is 0 Å². The van der Waals surface area contributed by atoms with Gasteiger partial charge in [-0.25, -0.2) is 8.42 Å². The maximum Gasteiger partial charge on any atom is 0.263 e. The minimum atomic E-state index is -3.71. The number of aromatic nitrogens is 1. The third-order valence-electron chi connectivity index (χ3n) is 2.57. The summed E-state index contributed by atoms with van der Waals surface area (Å²) in [6.45, 7) is 1.62. The van der Waals surface area contributed by atoms with E-state index in [0.29, 0.717) is 16.4 Å². The maximum absolute atomic E-state index is 12.1. The number of aliphatic hydroxyl groups is 1. The smallest absolute Gasteiger partial charge is 0.263 e. The molecule has 5 nitrogen and oxygen atoms in total. The van der Waals surface area contributed by atoms with Gasteiger partial charge in [0.25, 0.3) is 10.0 Å². The van der Waals surface area contributed by atoms with Crippen molar-refractivity contribution in [2.75, 3.05) is 4.72 Å². The molecule has 0 aliphatic heterocycles. The molecular formula is C12H13ClN2O3S. The average molecular weight is 301 g/mol. The van der Waals surface area contributed by atoms with E-state index in [4.69, 9.17) is 16.7 Å². The zero-order valence-corrected chi connectivity index (χ0v) is 11.7. The molecule has 102 valence electrons.